The van der Waals surface area contributed by atoms with Crippen molar-refractivity contribution in [2.45, 2.75) is 13.5 Å². The molecule has 0 saturated heterocycles. The van der Waals surface area contributed by atoms with E-state index in [-0.39, 0.29) is 0 Å². The van der Waals surface area contributed by atoms with E-state index in [9.17, 15) is 0 Å². The highest BCUT2D eigenvalue weighted by atomic mass is 79.9. The van der Waals surface area contributed by atoms with Crippen molar-refractivity contribution in [3.8, 4) is 5.69 Å². The number of nitrogens with zero attached hydrogens (tertiary/aromatic N) is 5. The smallest absolute Gasteiger partial charge is 0.153 e. The van der Waals surface area contributed by atoms with E-state index < -0.39 is 0 Å². The Morgan fingerprint density at radius 1 is 1.19 bits per heavy atom. The first-order chi connectivity index (χ1) is 10.2. The molecule has 0 aliphatic carbocycles. The van der Waals surface area contributed by atoms with Gasteiger partial charge < -0.3 is 5.32 Å². The number of hydrogen-bond donors (Lipinski definition) is 1. The van der Waals surface area contributed by atoms with Crippen molar-refractivity contribution in [2.24, 2.45) is 0 Å². The maximum absolute atomic E-state index is 4.39. The number of nitrogens with one attached hydrogen (secondary N) is 1. The van der Waals surface area contributed by atoms with Gasteiger partial charge in [-0.2, -0.15) is 4.68 Å². The molecule has 21 heavy (non-hydrogen) atoms. The molecule has 2 aromatic heterocycles. The van der Waals surface area contributed by atoms with Gasteiger partial charge in [-0.15, -0.1) is 5.10 Å². The van der Waals surface area contributed by atoms with Crippen LogP contribution in [0.2, 0.25) is 0 Å². The van der Waals surface area contributed by atoms with Crippen LogP contribution in [0.4, 0.5) is 5.69 Å². The largest absolute Gasteiger partial charge is 0.379 e. The fraction of sp³-hybridized carbons (Fsp3) is 0.143. The minimum atomic E-state index is 0.650. The van der Waals surface area contributed by atoms with Crippen LogP contribution in [0.5, 0.6) is 0 Å². The number of anilines is 1. The van der Waals surface area contributed by atoms with Gasteiger partial charge in [0.15, 0.2) is 5.82 Å². The molecular formula is C14H13BrN6. The summed E-state index contributed by atoms with van der Waals surface area (Å²) in [4.78, 5) is 4.39. The molecule has 0 saturated carbocycles. The zero-order valence-electron chi connectivity index (χ0n) is 11.4. The van der Waals surface area contributed by atoms with E-state index in [1.807, 2.05) is 49.4 Å². The van der Waals surface area contributed by atoms with Crippen LogP contribution in [0.15, 0.2) is 47.1 Å². The van der Waals surface area contributed by atoms with Gasteiger partial charge in [-0.3, -0.25) is 0 Å². The number of hydrogen-bond acceptors (Lipinski definition) is 5. The van der Waals surface area contributed by atoms with Gasteiger partial charge in [-0.05, 0) is 63.6 Å². The van der Waals surface area contributed by atoms with Crippen molar-refractivity contribution in [3.63, 3.8) is 0 Å². The van der Waals surface area contributed by atoms with E-state index in [2.05, 4.69) is 41.8 Å². The minimum Gasteiger partial charge on any atom is -0.379 e. The molecule has 3 rings (SSSR count). The average Bonchev–Trinajstić information content (AvgIpc) is 2.92. The second kappa shape index (κ2) is 6.01. The molecule has 6 nitrogen and oxygen atoms in total. The summed E-state index contributed by atoms with van der Waals surface area (Å²) in [6.07, 6.45) is 0. The fourth-order valence-corrected chi connectivity index (χ4v) is 2.34. The summed E-state index contributed by atoms with van der Waals surface area (Å²) in [6.45, 7) is 2.52. The Morgan fingerprint density at radius 2 is 2.05 bits per heavy atom. The van der Waals surface area contributed by atoms with Crippen LogP contribution in [-0.4, -0.2) is 25.2 Å². The van der Waals surface area contributed by atoms with E-state index >= 15 is 0 Å². The van der Waals surface area contributed by atoms with Gasteiger partial charge >= 0.3 is 0 Å². The highest BCUT2D eigenvalue weighted by molar-refractivity contribution is 9.10. The molecule has 0 aliphatic rings. The van der Waals surface area contributed by atoms with Crippen molar-refractivity contribution in [2.75, 3.05) is 5.32 Å². The third-order valence-corrected chi connectivity index (χ3v) is 3.40. The molecule has 1 N–H and O–H groups in total. The summed E-state index contributed by atoms with van der Waals surface area (Å²) in [5, 5.41) is 14.9. The number of tetrazole rings is 1. The monoisotopic (exact) mass is 344 g/mol. The lowest BCUT2D eigenvalue weighted by Gasteiger charge is -2.08. The van der Waals surface area contributed by atoms with Crippen molar-refractivity contribution >= 4 is 21.6 Å². The third-order valence-electron chi connectivity index (χ3n) is 2.96. The van der Waals surface area contributed by atoms with Crippen molar-refractivity contribution < 1.29 is 0 Å². The number of pyridine rings is 1. The van der Waals surface area contributed by atoms with Gasteiger partial charge in [-0.25, -0.2) is 4.98 Å². The van der Waals surface area contributed by atoms with Crippen molar-refractivity contribution in [1.82, 2.24) is 25.2 Å². The Hall–Kier alpha value is -2.28. The predicted molar refractivity (Wildman–Crippen MR) is 83.2 cm³/mol. The molecule has 0 unspecified atom stereocenters. The number of aryl methyl sites for hydroxylation is 1. The fourth-order valence-electron chi connectivity index (χ4n) is 1.96. The first-order valence-corrected chi connectivity index (χ1v) is 7.22. The summed E-state index contributed by atoms with van der Waals surface area (Å²) in [5.74, 6) is 0.751. The lowest BCUT2D eigenvalue weighted by atomic mass is 10.2. The number of halogens is 1. The molecule has 2 heterocycles. The van der Waals surface area contributed by atoms with Crippen LogP contribution in [-0.2, 0) is 6.54 Å². The number of aromatic nitrogens is 5. The SMILES string of the molecule is Cc1nnnn1-c1cccc(NCc2cccc(Br)n2)c1. The molecule has 0 aliphatic heterocycles. The zero-order chi connectivity index (χ0) is 14.7. The van der Waals surface area contributed by atoms with Gasteiger partial charge in [0.25, 0.3) is 0 Å². The van der Waals surface area contributed by atoms with E-state index in [1.165, 1.54) is 0 Å². The summed E-state index contributed by atoms with van der Waals surface area (Å²) in [5.41, 5.74) is 2.88. The van der Waals surface area contributed by atoms with Crippen molar-refractivity contribution in [1.29, 1.82) is 0 Å². The lowest BCUT2D eigenvalue weighted by molar-refractivity contribution is 0.779. The molecule has 0 spiro atoms. The Kier molecular flexibility index (Phi) is 3.92. The number of rotatable bonds is 4. The van der Waals surface area contributed by atoms with Gasteiger partial charge in [0.1, 0.15) is 4.60 Å². The van der Waals surface area contributed by atoms with Crippen molar-refractivity contribution in [3.05, 3.63) is 58.6 Å². The van der Waals surface area contributed by atoms with Gasteiger partial charge in [0.05, 0.1) is 17.9 Å². The maximum Gasteiger partial charge on any atom is 0.153 e. The molecule has 0 radical (unpaired) electrons. The molecule has 0 fully saturated rings. The molecule has 0 atom stereocenters. The standard InChI is InChI=1S/C14H13BrN6/c1-10-18-19-20-21(10)13-6-2-4-11(8-13)16-9-12-5-3-7-14(15)17-12/h2-8,16H,9H2,1H3. The van der Waals surface area contributed by atoms with E-state index in [0.29, 0.717) is 6.54 Å². The average molecular weight is 345 g/mol. The van der Waals surface area contributed by atoms with E-state index in [4.69, 9.17) is 0 Å². The number of benzene rings is 1. The lowest BCUT2D eigenvalue weighted by Crippen LogP contribution is -2.04. The summed E-state index contributed by atoms with van der Waals surface area (Å²) < 4.78 is 2.53. The first kappa shape index (κ1) is 13.7. The van der Waals surface area contributed by atoms with E-state index in [1.54, 1.807) is 4.68 Å². The Labute approximate surface area is 130 Å². The van der Waals surface area contributed by atoms with Gasteiger partial charge in [0.2, 0.25) is 0 Å². The highest BCUT2D eigenvalue weighted by Gasteiger charge is 2.04. The molecular weight excluding hydrogens is 332 g/mol. The quantitative estimate of drug-likeness (QED) is 0.737. The summed E-state index contributed by atoms with van der Waals surface area (Å²) in [7, 11) is 0. The van der Waals surface area contributed by atoms with Gasteiger partial charge in [0, 0.05) is 5.69 Å². The van der Waals surface area contributed by atoms with Crippen LogP contribution in [0.1, 0.15) is 11.5 Å². The minimum absolute atomic E-state index is 0.650. The van der Waals surface area contributed by atoms with Crippen LogP contribution >= 0.6 is 15.9 Å². The molecule has 106 valence electrons. The second-order valence-electron chi connectivity index (χ2n) is 4.49. The van der Waals surface area contributed by atoms with Gasteiger partial charge in [-0.1, -0.05) is 12.1 Å². The Morgan fingerprint density at radius 3 is 2.81 bits per heavy atom. The molecule has 0 amide bonds. The molecule has 0 bridgehead atoms. The Bertz CT molecular complexity index is 754. The van der Waals surface area contributed by atoms with Crippen LogP contribution < -0.4 is 5.32 Å². The summed E-state index contributed by atoms with van der Waals surface area (Å²) in [6, 6.07) is 13.8. The molecule has 7 heteroatoms. The van der Waals surface area contributed by atoms with Crippen LogP contribution in [0.3, 0.4) is 0 Å². The molecule has 3 aromatic rings. The maximum atomic E-state index is 4.39. The zero-order valence-corrected chi connectivity index (χ0v) is 12.9. The van der Waals surface area contributed by atoms with E-state index in [0.717, 1.165) is 27.5 Å². The first-order valence-electron chi connectivity index (χ1n) is 6.43. The predicted octanol–water partition coefficient (Wildman–Crippen LogP) is 2.74. The third kappa shape index (κ3) is 3.25. The summed E-state index contributed by atoms with van der Waals surface area (Å²) >= 11 is 3.37. The Balaban J connectivity index is 1.76. The van der Waals surface area contributed by atoms with Crippen LogP contribution in [0, 0.1) is 6.92 Å². The topological polar surface area (TPSA) is 68.5 Å². The molecule has 1 aromatic carbocycles. The second-order valence-corrected chi connectivity index (χ2v) is 5.31. The highest BCUT2D eigenvalue weighted by Crippen LogP contribution is 2.15. The van der Waals surface area contributed by atoms with Crippen LogP contribution in [0.25, 0.3) is 5.69 Å². The normalized spacial score (nSPS) is 10.6.